The van der Waals surface area contributed by atoms with Gasteiger partial charge in [0.05, 0.1) is 0 Å². The van der Waals surface area contributed by atoms with Crippen LogP contribution in [0.15, 0.2) is 42.5 Å². The number of hydrogen-bond acceptors (Lipinski definition) is 3. The van der Waals surface area contributed by atoms with E-state index in [-0.39, 0.29) is 12.6 Å². The van der Waals surface area contributed by atoms with Gasteiger partial charge in [0, 0.05) is 18.3 Å². The lowest BCUT2D eigenvalue weighted by atomic mass is 10.1. The van der Waals surface area contributed by atoms with Gasteiger partial charge in [0.15, 0.2) is 16.6 Å². The monoisotopic (exact) mass is 332 g/mol. The highest BCUT2D eigenvalue weighted by Crippen LogP contribution is 2.34. The summed E-state index contributed by atoms with van der Waals surface area (Å²) in [5, 5.41) is 6.83. The first-order chi connectivity index (χ1) is 11.2. The molecule has 6 heteroatoms. The summed E-state index contributed by atoms with van der Waals surface area (Å²) in [6.45, 7) is 0.999. The van der Waals surface area contributed by atoms with Crippen molar-refractivity contribution in [3.8, 4) is 11.5 Å². The molecule has 0 saturated carbocycles. The number of thiocarbonyl (C=S) groups is 1. The number of benzene rings is 2. The summed E-state index contributed by atoms with van der Waals surface area (Å²) < 4.78 is 23.4. The van der Waals surface area contributed by atoms with Crippen LogP contribution in [-0.4, -0.2) is 18.5 Å². The maximum absolute atomic E-state index is 12.8. The second-order valence-corrected chi connectivity index (χ2v) is 5.59. The van der Waals surface area contributed by atoms with Gasteiger partial charge in [-0.15, -0.1) is 0 Å². The van der Waals surface area contributed by atoms with E-state index >= 15 is 0 Å². The second-order valence-electron chi connectivity index (χ2n) is 5.18. The van der Waals surface area contributed by atoms with E-state index in [1.165, 1.54) is 12.1 Å². The molecular weight excluding hydrogens is 315 g/mol. The van der Waals surface area contributed by atoms with Crippen LogP contribution >= 0.6 is 12.2 Å². The summed E-state index contributed by atoms with van der Waals surface area (Å²) in [6, 6.07) is 12.2. The van der Waals surface area contributed by atoms with E-state index in [0.29, 0.717) is 10.9 Å². The number of rotatable bonds is 5. The molecule has 4 nitrogen and oxygen atoms in total. The first-order valence-electron chi connectivity index (χ1n) is 7.40. The molecule has 1 heterocycles. The van der Waals surface area contributed by atoms with Crippen molar-refractivity contribution in [3.05, 3.63) is 53.8 Å². The molecule has 0 unspecified atom stereocenters. The predicted octanol–water partition coefficient (Wildman–Crippen LogP) is 3.47. The molecule has 0 atom stereocenters. The molecule has 0 fully saturated rings. The van der Waals surface area contributed by atoms with Crippen LogP contribution in [0.3, 0.4) is 0 Å². The van der Waals surface area contributed by atoms with Crippen molar-refractivity contribution in [2.75, 3.05) is 18.7 Å². The number of hydrogen-bond donors (Lipinski definition) is 2. The molecule has 3 rings (SSSR count). The molecule has 0 bridgehead atoms. The summed E-state index contributed by atoms with van der Waals surface area (Å²) in [4.78, 5) is 0. The van der Waals surface area contributed by atoms with E-state index in [0.717, 1.165) is 36.4 Å². The predicted molar refractivity (Wildman–Crippen MR) is 91.5 cm³/mol. The first-order valence-corrected chi connectivity index (χ1v) is 7.80. The van der Waals surface area contributed by atoms with Crippen molar-refractivity contribution < 1.29 is 13.9 Å². The topological polar surface area (TPSA) is 42.5 Å². The van der Waals surface area contributed by atoms with Gasteiger partial charge in [-0.25, -0.2) is 4.39 Å². The number of anilines is 1. The SMILES string of the molecule is Fc1ccc(CCCNC(=S)Nc2ccc3c(c2)OCO3)cc1. The zero-order valence-electron chi connectivity index (χ0n) is 12.5. The Morgan fingerprint density at radius 3 is 2.70 bits per heavy atom. The Bertz CT molecular complexity index is 691. The van der Waals surface area contributed by atoms with Crippen LogP contribution < -0.4 is 20.1 Å². The maximum atomic E-state index is 12.8. The highest BCUT2D eigenvalue weighted by molar-refractivity contribution is 7.80. The van der Waals surface area contributed by atoms with Crippen LogP contribution in [0.5, 0.6) is 11.5 Å². The zero-order chi connectivity index (χ0) is 16.1. The van der Waals surface area contributed by atoms with E-state index in [1.54, 1.807) is 12.1 Å². The molecule has 0 saturated heterocycles. The van der Waals surface area contributed by atoms with Crippen LogP contribution in [0.4, 0.5) is 10.1 Å². The number of halogens is 1. The molecule has 0 aromatic heterocycles. The average Bonchev–Trinajstić information content (AvgIpc) is 3.01. The van der Waals surface area contributed by atoms with Gasteiger partial charge in [-0.05, 0) is 54.9 Å². The van der Waals surface area contributed by atoms with Gasteiger partial charge in [0.2, 0.25) is 6.79 Å². The van der Waals surface area contributed by atoms with Gasteiger partial charge < -0.3 is 20.1 Å². The van der Waals surface area contributed by atoms with Gasteiger partial charge in [-0.2, -0.15) is 0 Å². The lowest BCUT2D eigenvalue weighted by molar-refractivity contribution is 0.174. The molecule has 2 aromatic carbocycles. The van der Waals surface area contributed by atoms with Crippen LogP contribution in [0.1, 0.15) is 12.0 Å². The van der Waals surface area contributed by atoms with Crippen molar-refractivity contribution in [3.63, 3.8) is 0 Å². The first kappa shape index (κ1) is 15.6. The Labute approximate surface area is 139 Å². The Kier molecular flexibility index (Phi) is 4.92. The highest BCUT2D eigenvalue weighted by atomic mass is 32.1. The van der Waals surface area contributed by atoms with Crippen molar-refractivity contribution in [1.82, 2.24) is 5.32 Å². The molecule has 0 amide bonds. The van der Waals surface area contributed by atoms with Gasteiger partial charge in [-0.3, -0.25) is 0 Å². The van der Waals surface area contributed by atoms with Gasteiger partial charge in [-0.1, -0.05) is 12.1 Å². The quantitative estimate of drug-likeness (QED) is 0.648. The normalized spacial score (nSPS) is 12.0. The summed E-state index contributed by atoms with van der Waals surface area (Å²) in [7, 11) is 0. The van der Waals surface area contributed by atoms with Crippen LogP contribution in [0.2, 0.25) is 0 Å². The molecule has 0 aliphatic carbocycles. The summed E-state index contributed by atoms with van der Waals surface area (Å²) in [5.74, 6) is 1.25. The molecular formula is C17H17FN2O2S. The number of ether oxygens (including phenoxy) is 2. The van der Waals surface area contributed by atoms with Crippen molar-refractivity contribution in [2.45, 2.75) is 12.8 Å². The third-order valence-electron chi connectivity index (χ3n) is 3.47. The van der Waals surface area contributed by atoms with Gasteiger partial charge in [0.1, 0.15) is 5.82 Å². The van der Waals surface area contributed by atoms with Crippen molar-refractivity contribution in [1.29, 1.82) is 0 Å². The third-order valence-corrected chi connectivity index (χ3v) is 3.72. The van der Waals surface area contributed by atoms with Crippen LogP contribution in [0, 0.1) is 5.82 Å². The summed E-state index contributed by atoms with van der Waals surface area (Å²) in [6.07, 6.45) is 1.79. The Morgan fingerprint density at radius 2 is 1.87 bits per heavy atom. The molecule has 2 aromatic rings. The fourth-order valence-electron chi connectivity index (χ4n) is 2.30. The molecule has 0 spiro atoms. The molecule has 1 aliphatic heterocycles. The number of nitrogens with one attached hydrogen (secondary N) is 2. The lowest BCUT2D eigenvalue weighted by Gasteiger charge is -2.11. The Balaban J connectivity index is 1.40. The molecule has 1 aliphatic rings. The molecule has 120 valence electrons. The van der Waals surface area contributed by atoms with Crippen LogP contribution in [-0.2, 0) is 6.42 Å². The van der Waals surface area contributed by atoms with E-state index in [1.807, 2.05) is 18.2 Å². The van der Waals surface area contributed by atoms with Crippen LogP contribution in [0.25, 0.3) is 0 Å². The molecule has 0 radical (unpaired) electrons. The van der Waals surface area contributed by atoms with Crippen molar-refractivity contribution >= 4 is 23.0 Å². The fraction of sp³-hybridized carbons (Fsp3) is 0.235. The largest absolute Gasteiger partial charge is 0.454 e. The van der Waals surface area contributed by atoms with E-state index < -0.39 is 0 Å². The smallest absolute Gasteiger partial charge is 0.231 e. The van der Waals surface area contributed by atoms with Gasteiger partial charge in [0.25, 0.3) is 0 Å². The third kappa shape index (κ3) is 4.32. The number of fused-ring (bicyclic) bond motifs is 1. The van der Waals surface area contributed by atoms with Crippen molar-refractivity contribution in [2.24, 2.45) is 0 Å². The van der Waals surface area contributed by atoms with E-state index in [2.05, 4.69) is 10.6 Å². The van der Waals surface area contributed by atoms with Gasteiger partial charge >= 0.3 is 0 Å². The second kappa shape index (κ2) is 7.28. The number of aryl methyl sites for hydroxylation is 1. The maximum Gasteiger partial charge on any atom is 0.231 e. The zero-order valence-corrected chi connectivity index (χ0v) is 13.3. The minimum Gasteiger partial charge on any atom is -0.454 e. The van der Waals surface area contributed by atoms with E-state index in [4.69, 9.17) is 21.7 Å². The minimum absolute atomic E-state index is 0.207. The standard InChI is InChI=1S/C17H17FN2O2S/c18-13-5-3-12(4-6-13)2-1-9-19-17(23)20-14-7-8-15-16(10-14)22-11-21-15/h3-8,10H,1-2,9,11H2,(H2,19,20,23). The Morgan fingerprint density at radius 1 is 1.09 bits per heavy atom. The highest BCUT2D eigenvalue weighted by Gasteiger charge is 2.13. The summed E-state index contributed by atoms with van der Waals surface area (Å²) in [5.41, 5.74) is 1.97. The Hall–Kier alpha value is -2.34. The molecule has 23 heavy (non-hydrogen) atoms. The minimum atomic E-state index is -0.207. The summed E-state index contributed by atoms with van der Waals surface area (Å²) >= 11 is 5.27. The molecule has 2 N–H and O–H groups in total. The average molecular weight is 332 g/mol. The lowest BCUT2D eigenvalue weighted by Crippen LogP contribution is -2.29. The van der Waals surface area contributed by atoms with E-state index in [9.17, 15) is 4.39 Å². The fourth-order valence-corrected chi connectivity index (χ4v) is 2.52.